The van der Waals surface area contributed by atoms with Gasteiger partial charge in [-0.25, -0.2) is 0 Å². The molecule has 1 atom stereocenters. The van der Waals surface area contributed by atoms with Crippen molar-refractivity contribution in [3.05, 3.63) is 35.9 Å². The van der Waals surface area contributed by atoms with Gasteiger partial charge in [0.1, 0.15) is 6.29 Å². The molecule has 0 spiro atoms. The molecule has 0 aliphatic heterocycles. The third-order valence-corrected chi connectivity index (χ3v) is 2.80. The van der Waals surface area contributed by atoms with Crippen molar-refractivity contribution in [1.29, 1.82) is 0 Å². The molecule has 0 radical (unpaired) electrons. The second-order valence-corrected chi connectivity index (χ2v) is 4.54. The van der Waals surface area contributed by atoms with Crippen LogP contribution in [0.2, 0.25) is 0 Å². The summed E-state index contributed by atoms with van der Waals surface area (Å²) in [6, 6.07) is 9.98. The van der Waals surface area contributed by atoms with Crippen LogP contribution in [-0.2, 0) is 16.0 Å². The molecule has 1 N–H and O–H groups in total. The lowest BCUT2D eigenvalue weighted by molar-refractivity contribution is -0.123. The number of nitrogens with one attached hydrogen (secondary N) is 1. The molecule has 3 heteroatoms. The van der Waals surface area contributed by atoms with Gasteiger partial charge in [0.25, 0.3) is 0 Å². The van der Waals surface area contributed by atoms with Crippen LogP contribution in [0.15, 0.2) is 30.3 Å². The van der Waals surface area contributed by atoms with Gasteiger partial charge < -0.3 is 10.1 Å². The molecule has 3 nitrogen and oxygen atoms in total. The van der Waals surface area contributed by atoms with Gasteiger partial charge in [-0.05, 0) is 31.7 Å². The van der Waals surface area contributed by atoms with E-state index in [4.69, 9.17) is 0 Å². The fraction of sp³-hybridized carbons (Fsp3) is 0.467. The SMILES string of the molecule is C[C@@H](C=O)NC(=O)CCCCCc1ccccc1. The quantitative estimate of drug-likeness (QED) is 0.566. The number of aldehydes is 1. The van der Waals surface area contributed by atoms with E-state index in [2.05, 4.69) is 17.4 Å². The highest BCUT2D eigenvalue weighted by molar-refractivity contribution is 5.79. The first-order valence-electron chi connectivity index (χ1n) is 6.51. The van der Waals surface area contributed by atoms with Crippen LogP contribution >= 0.6 is 0 Å². The minimum atomic E-state index is -0.373. The van der Waals surface area contributed by atoms with Crippen molar-refractivity contribution < 1.29 is 9.59 Å². The molecule has 0 aliphatic rings. The van der Waals surface area contributed by atoms with Gasteiger partial charge in [-0.15, -0.1) is 0 Å². The minimum absolute atomic E-state index is 0.0330. The first-order chi connectivity index (χ1) is 8.72. The molecule has 0 saturated carbocycles. The van der Waals surface area contributed by atoms with Crippen LogP contribution < -0.4 is 5.32 Å². The smallest absolute Gasteiger partial charge is 0.220 e. The normalized spacial score (nSPS) is 11.8. The number of carbonyl (C=O) groups excluding carboxylic acids is 2. The van der Waals surface area contributed by atoms with Crippen LogP contribution in [-0.4, -0.2) is 18.2 Å². The number of aryl methyl sites for hydroxylation is 1. The van der Waals surface area contributed by atoms with E-state index >= 15 is 0 Å². The molecule has 1 rings (SSSR count). The van der Waals surface area contributed by atoms with E-state index in [1.165, 1.54) is 5.56 Å². The second kappa shape index (κ2) is 8.45. The fourth-order valence-electron chi connectivity index (χ4n) is 1.80. The number of unbranched alkanes of at least 4 members (excludes halogenated alkanes) is 2. The summed E-state index contributed by atoms with van der Waals surface area (Å²) < 4.78 is 0. The Kier molecular flexibility index (Phi) is 6.77. The summed E-state index contributed by atoms with van der Waals surface area (Å²) in [6.45, 7) is 1.68. The zero-order valence-corrected chi connectivity index (χ0v) is 10.9. The molecule has 1 aromatic rings. The Morgan fingerprint density at radius 3 is 2.61 bits per heavy atom. The van der Waals surface area contributed by atoms with Crippen molar-refractivity contribution in [2.75, 3.05) is 0 Å². The summed E-state index contributed by atoms with van der Waals surface area (Å²) in [5.74, 6) is -0.0330. The van der Waals surface area contributed by atoms with Crippen LogP contribution in [0, 0.1) is 0 Å². The van der Waals surface area contributed by atoms with Crippen molar-refractivity contribution in [2.24, 2.45) is 0 Å². The van der Waals surface area contributed by atoms with Gasteiger partial charge >= 0.3 is 0 Å². The number of carbonyl (C=O) groups is 2. The molecule has 0 unspecified atom stereocenters. The molecule has 0 saturated heterocycles. The molecule has 0 heterocycles. The third-order valence-electron chi connectivity index (χ3n) is 2.80. The van der Waals surface area contributed by atoms with Crippen LogP contribution in [0.5, 0.6) is 0 Å². The summed E-state index contributed by atoms with van der Waals surface area (Å²) >= 11 is 0. The summed E-state index contributed by atoms with van der Waals surface area (Å²) in [6.07, 6.45) is 5.33. The van der Waals surface area contributed by atoms with Gasteiger partial charge in [-0.2, -0.15) is 0 Å². The van der Waals surface area contributed by atoms with Gasteiger partial charge in [-0.3, -0.25) is 4.79 Å². The van der Waals surface area contributed by atoms with E-state index in [1.807, 2.05) is 18.2 Å². The molecule has 1 amide bonds. The lowest BCUT2D eigenvalue weighted by atomic mass is 10.1. The highest BCUT2D eigenvalue weighted by Gasteiger charge is 2.05. The first kappa shape index (κ1) is 14.4. The van der Waals surface area contributed by atoms with Crippen LogP contribution in [0.25, 0.3) is 0 Å². The maximum absolute atomic E-state index is 11.4. The van der Waals surface area contributed by atoms with Crippen LogP contribution in [0.4, 0.5) is 0 Å². The maximum atomic E-state index is 11.4. The van der Waals surface area contributed by atoms with E-state index in [0.29, 0.717) is 6.42 Å². The molecule has 18 heavy (non-hydrogen) atoms. The van der Waals surface area contributed by atoms with E-state index in [0.717, 1.165) is 32.0 Å². The highest BCUT2D eigenvalue weighted by Crippen LogP contribution is 2.07. The highest BCUT2D eigenvalue weighted by atomic mass is 16.2. The topological polar surface area (TPSA) is 46.2 Å². The molecule has 0 aromatic heterocycles. The molecular weight excluding hydrogens is 226 g/mol. The molecule has 0 aliphatic carbocycles. The van der Waals surface area contributed by atoms with E-state index in [1.54, 1.807) is 6.92 Å². The standard InChI is InChI=1S/C15H21NO2/c1-13(12-17)16-15(18)11-7-3-6-10-14-8-4-2-5-9-14/h2,4-5,8-9,12-13H,3,6-7,10-11H2,1H3,(H,16,18)/t13-/m0/s1. The van der Waals surface area contributed by atoms with Crippen LogP contribution in [0.3, 0.4) is 0 Å². The Morgan fingerprint density at radius 1 is 1.22 bits per heavy atom. The van der Waals surface area contributed by atoms with Gasteiger partial charge in [-0.1, -0.05) is 36.8 Å². The Hall–Kier alpha value is -1.64. The number of amides is 1. The van der Waals surface area contributed by atoms with Gasteiger partial charge in [0.15, 0.2) is 0 Å². The summed E-state index contributed by atoms with van der Waals surface area (Å²) in [7, 11) is 0. The van der Waals surface area contributed by atoms with Crippen molar-refractivity contribution in [3.8, 4) is 0 Å². The van der Waals surface area contributed by atoms with Crippen LogP contribution in [0.1, 0.15) is 38.2 Å². The zero-order valence-electron chi connectivity index (χ0n) is 10.9. The molecular formula is C15H21NO2. The minimum Gasteiger partial charge on any atom is -0.347 e. The van der Waals surface area contributed by atoms with Gasteiger partial charge in [0.2, 0.25) is 5.91 Å². The largest absolute Gasteiger partial charge is 0.347 e. The first-order valence-corrected chi connectivity index (χ1v) is 6.51. The number of benzene rings is 1. The number of hydrogen-bond donors (Lipinski definition) is 1. The van der Waals surface area contributed by atoms with Crippen molar-refractivity contribution in [2.45, 2.75) is 45.1 Å². The second-order valence-electron chi connectivity index (χ2n) is 4.54. The van der Waals surface area contributed by atoms with Gasteiger partial charge in [0.05, 0.1) is 6.04 Å². The Bertz CT molecular complexity index is 362. The molecule has 98 valence electrons. The molecule has 0 fully saturated rings. The third kappa shape index (κ3) is 6.18. The monoisotopic (exact) mass is 247 g/mol. The average molecular weight is 247 g/mol. The van der Waals surface area contributed by atoms with E-state index in [9.17, 15) is 9.59 Å². The van der Waals surface area contributed by atoms with Crippen molar-refractivity contribution in [1.82, 2.24) is 5.32 Å². The maximum Gasteiger partial charge on any atom is 0.220 e. The zero-order chi connectivity index (χ0) is 13.2. The number of hydrogen-bond acceptors (Lipinski definition) is 2. The summed E-state index contributed by atoms with van der Waals surface area (Å²) in [5, 5.41) is 2.63. The predicted molar refractivity (Wildman–Crippen MR) is 72.3 cm³/mol. The molecule has 1 aromatic carbocycles. The summed E-state index contributed by atoms with van der Waals surface area (Å²) in [4.78, 5) is 21.7. The Morgan fingerprint density at radius 2 is 1.94 bits per heavy atom. The summed E-state index contributed by atoms with van der Waals surface area (Å²) in [5.41, 5.74) is 1.34. The average Bonchev–Trinajstić information content (AvgIpc) is 2.39. The van der Waals surface area contributed by atoms with Crippen molar-refractivity contribution >= 4 is 12.2 Å². The molecule has 0 bridgehead atoms. The fourth-order valence-corrected chi connectivity index (χ4v) is 1.80. The predicted octanol–water partition coefficient (Wildman–Crippen LogP) is 2.49. The lowest BCUT2D eigenvalue weighted by Crippen LogP contribution is -2.33. The van der Waals surface area contributed by atoms with E-state index < -0.39 is 0 Å². The van der Waals surface area contributed by atoms with Gasteiger partial charge in [0, 0.05) is 6.42 Å². The number of rotatable bonds is 8. The van der Waals surface area contributed by atoms with E-state index in [-0.39, 0.29) is 11.9 Å². The van der Waals surface area contributed by atoms with Crippen molar-refractivity contribution in [3.63, 3.8) is 0 Å². The lowest BCUT2D eigenvalue weighted by Gasteiger charge is -2.07. The Balaban J connectivity index is 2.05. The Labute approximate surface area is 109 Å².